The van der Waals surface area contributed by atoms with Crippen molar-refractivity contribution >= 4 is 18.0 Å². The molecule has 0 saturated carbocycles. The fourth-order valence-electron chi connectivity index (χ4n) is 1.68. The van der Waals surface area contributed by atoms with E-state index in [1.807, 2.05) is 13.8 Å². The normalized spacial score (nSPS) is 10.7. The highest BCUT2D eigenvalue weighted by Crippen LogP contribution is 2.26. The number of methoxy groups -OCH3 is 2. The maximum Gasteiger partial charge on any atom is 0.249 e. The van der Waals surface area contributed by atoms with E-state index in [2.05, 4.69) is 15.8 Å². The van der Waals surface area contributed by atoms with Crippen molar-refractivity contribution in [3.05, 3.63) is 23.8 Å². The molecule has 0 atom stereocenters. The van der Waals surface area contributed by atoms with Crippen LogP contribution in [0.3, 0.4) is 0 Å². The van der Waals surface area contributed by atoms with Gasteiger partial charge in [0.2, 0.25) is 11.8 Å². The molecule has 1 aromatic carbocycles. The van der Waals surface area contributed by atoms with Crippen LogP contribution in [0, 0.1) is 5.92 Å². The second-order valence-electron chi connectivity index (χ2n) is 5.28. The molecule has 126 valence electrons. The minimum Gasteiger partial charge on any atom is -0.493 e. The van der Waals surface area contributed by atoms with E-state index in [0.717, 1.165) is 5.56 Å². The first-order valence-electron chi connectivity index (χ1n) is 7.27. The molecule has 0 spiro atoms. The molecule has 0 unspecified atom stereocenters. The molecule has 0 radical (unpaired) electrons. The lowest BCUT2D eigenvalue weighted by atomic mass is 10.2. The first-order valence-corrected chi connectivity index (χ1v) is 7.27. The van der Waals surface area contributed by atoms with Gasteiger partial charge in [-0.1, -0.05) is 13.8 Å². The molecule has 0 bridgehead atoms. The molecular formula is C16H23N3O4. The minimum absolute atomic E-state index is 0.254. The van der Waals surface area contributed by atoms with E-state index in [1.165, 1.54) is 13.3 Å². The Morgan fingerprint density at radius 2 is 1.87 bits per heavy atom. The van der Waals surface area contributed by atoms with Crippen LogP contribution in [0.4, 0.5) is 0 Å². The van der Waals surface area contributed by atoms with E-state index in [4.69, 9.17) is 9.47 Å². The maximum absolute atomic E-state index is 11.6. The summed E-state index contributed by atoms with van der Waals surface area (Å²) >= 11 is 0. The van der Waals surface area contributed by atoms with Gasteiger partial charge in [0.25, 0.3) is 0 Å². The predicted octanol–water partition coefficient (Wildman–Crippen LogP) is 1.32. The summed E-state index contributed by atoms with van der Waals surface area (Å²) in [6.07, 6.45) is 1.21. The monoisotopic (exact) mass is 321 g/mol. The molecule has 0 aliphatic rings. The van der Waals surface area contributed by atoms with Gasteiger partial charge in [-0.3, -0.25) is 9.59 Å². The van der Waals surface area contributed by atoms with Crippen molar-refractivity contribution in [2.75, 3.05) is 20.8 Å². The van der Waals surface area contributed by atoms with Gasteiger partial charge in [-0.25, -0.2) is 5.43 Å². The van der Waals surface area contributed by atoms with Crippen LogP contribution in [0.2, 0.25) is 0 Å². The summed E-state index contributed by atoms with van der Waals surface area (Å²) in [7, 11) is 3.09. The van der Waals surface area contributed by atoms with Gasteiger partial charge in [0.05, 0.1) is 20.4 Å². The lowest BCUT2D eigenvalue weighted by molar-refractivity contribution is -0.129. The Kier molecular flexibility index (Phi) is 7.59. The molecule has 2 amide bonds. The van der Waals surface area contributed by atoms with E-state index in [-0.39, 0.29) is 12.3 Å². The molecule has 0 aliphatic heterocycles. The highest BCUT2D eigenvalue weighted by atomic mass is 16.5. The van der Waals surface area contributed by atoms with Crippen molar-refractivity contribution in [3.63, 3.8) is 0 Å². The molecule has 1 rings (SSSR count). The van der Waals surface area contributed by atoms with Gasteiger partial charge in [-0.2, -0.15) is 5.10 Å². The summed E-state index contributed by atoms with van der Waals surface area (Å²) in [4.78, 5) is 23.1. The number of carbonyl (C=O) groups excluding carboxylic acids is 2. The van der Waals surface area contributed by atoms with Gasteiger partial charge in [0, 0.05) is 6.54 Å². The number of carbonyl (C=O) groups is 2. The van der Waals surface area contributed by atoms with Crippen molar-refractivity contribution in [3.8, 4) is 11.5 Å². The molecule has 0 aromatic heterocycles. The number of nitrogens with one attached hydrogen (secondary N) is 2. The van der Waals surface area contributed by atoms with Crippen LogP contribution in [0.5, 0.6) is 11.5 Å². The third-order valence-corrected chi connectivity index (χ3v) is 2.84. The summed E-state index contributed by atoms with van der Waals surface area (Å²) in [5.41, 5.74) is 3.04. The van der Waals surface area contributed by atoms with Gasteiger partial charge >= 0.3 is 0 Å². The van der Waals surface area contributed by atoms with Crippen LogP contribution in [-0.4, -0.2) is 38.8 Å². The molecule has 0 aliphatic carbocycles. The van der Waals surface area contributed by atoms with Crippen molar-refractivity contribution in [1.82, 2.24) is 10.7 Å². The topological polar surface area (TPSA) is 89.0 Å². The van der Waals surface area contributed by atoms with Gasteiger partial charge in [-0.05, 0) is 29.7 Å². The molecule has 0 saturated heterocycles. The van der Waals surface area contributed by atoms with Crippen LogP contribution in [0.1, 0.15) is 25.8 Å². The van der Waals surface area contributed by atoms with Crippen LogP contribution in [0.25, 0.3) is 0 Å². The summed E-state index contributed by atoms with van der Waals surface area (Å²) in [5.74, 6) is 0.719. The Balaban J connectivity index is 2.49. The average molecular weight is 321 g/mol. The Hall–Kier alpha value is -2.57. The van der Waals surface area contributed by atoms with E-state index in [0.29, 0.717) is 24.0 Å². The second-order valence-corrected chi connectivity index (χ2v) is 5.28. The maximum atomic E-state index is 11.6. The van der Waals surface area contributed by atoms with Crippen molar-refractivity contribution in [2.24, 2.45) is 11.0 Å². The standard InChI is InChI=1S/C16H23N3O4/c1-11(2)9-17-15(20)8-16(21)19-18-10-12-5-6-13(22-3)14(7-12)23-4/h5-7,10-11H,8-9H2,1-4H3,(H,17,20)(H,19,21)/b18-10-. The zero-order chi connectivity index (χ0) is 17.2. The van der Waals surface area contributed by atoms with Gasteiger partial charge in [0.15, 0.2) is 11.5 Å². The van der Waals surface area contributed by atoms with Crippen molar-refractivity contribution in [2.45, 2.75) is 20.3 Å². The van der Waals surface area contributed by atoms with Crippen LogP contribution in [-0.2, 0) is 9.59 Å². The molecule has 1 aromatic rings. The molecule has 0 heterocycles. The van der Waals surface area contributed by atoms with Gasteiger partial charge in [0.1, 0.15) is 6.42 Å². The van der Waals surface area contributed by atoms with Crippen molar-refractivity contribution in [1.29, 1.82) is 0 Å². The Morgan fingerprint density at radius 1 is 1.17 bits per heavy atom. The average Bonchev–Trinajstić information content (AvgIpc) is 2.52. The second kappa shape index (κ2) is 9.45. The fourth-order valence-corrected chi connectivity index (χ4v) is 1.68. The molecule has 7 heteroatoms. The number of hydrogen-bond donors (Lipinski definition) is 2. The number of benzene rings is 1. The van der Waals surface area contributed by atoms with E-state index >= 15 is 0 Å². The van der Waals surface area contributed by atoms with Crippen LogP contribution < -0.4 is 20.2 Å². The Morgan fingerprint density at radius 3 is 2.48 bits per heavy atom. The molecule has 23 heavy (non-hydrogen) atoms. The Labute approximate surface area is 136 Å². The van der Waals surface area contributed by atoms with E-state index < -0.39 is 5.91 Å². The predicted molar refractivity (Wildman–Crippen MR) is 87.7 cm³/mol. The summed E-state index contributed by atoms with van der Waals surface area (Å²) < 4.78 is 10.3. The van der Waals surface area contributed by atoms with Crippen LogP contribution >= 0.6 is 0 Å². The van der Waals surface area contributed by atoms with E-state index in [9.17, 15) is 9.59 Å². The van der Waals surface area contributed by atoms with Crippen LogP contribution in [0.15, 0.2) is 23.3 Å². The number of hydrazone groups is 1. The Bertz CT molecular complexity index is 570. The number of hydrogen-bond acceptors (Lipinski definition) is 5. The summed E-state index contributed by atoms with van der Waals surface area (Å²) in [6.45, 7) is 4.50. The third-order valence-electron chi connectivity index (χ3n) is 2.84. The molecule has 7 nitrogen and oxygen atoms in total. The number of nitrogens with zero attached hydrogens (tertiary/aromatic N) is 1. The van der Waals surface area contributed by atoms with Crippen molar-refractivity contribution < 1.29 is 19.1 Å². The highest BCUT2D eigenvalue weighted by Gasteiger charge is 2.08. The number of amides is 2. The number of ether oxygens (including phenoxy) is 2. The smallest absolute Gasteiger partial charge is 0.249 e. The van der Waals surface area contributed by atoms with E-state index in [1.54, 1.807) is 25.3 Å². The van der Waals surface area contributed by atoms with Gasteiger partial charge in [-0.15, -0.1) is 0 Å². The molecular weight excluding hydrogens is 298 g/mol. The lowest BCUT2D eigenvalue weighted by Gasteiger charge is -2.07. The largest absolute Gasteiger partial charge is 0.493 e. The number of rotatable bonds is 8. The molecule has 2 N–H and O–H groups in total. The first-order chi connectivity index (χ1) is 11.0. The zero-order valence-corrected chi connectivity index (χ0v) is 13.9. The zero-order valence-electron chi connectivity index (χ0n) is 13.9. The third kappa shape index (κ3) is 6.82. The van der Waals surface area contributed by atoms with Gasteiger partial charge < -0.3 is 14.8 Å². The minimum atomic E-state index is -0.469. The lowest BCUT2D eigenvalue weighted by Crippen LogP contribution is -2.32. The fraction of sp³-hybridized carbons (Fsp3) is 0.438. The summed E-state index contributed by atoms with van der Waals surface area (Å²) in [6, 6.07) is 5.23. The molecule has 0 fully saturated rings. The first kappa shape index (κ1) is 18.5. The highest BCUT2D eigenvalue weighted by molar-refractivity contribution is 5.97. The quantitative estimate of drug-likeness (QED) is 0.429. The summed E-state index contributed by atoms with van der Waals surface area (Å²) in [5, 5.41) is 6.49. The SMILES string of the molecule is COc1ccc(/C=N\NC(=O)CC(=O)NCC(C)C)cc1OC.